The molecule has 2 aromatic carbocycles. The third-order valence-corrected chi connectivity index (χ3v) is 7.18. The van der Waals surface area contributed by atoms with Crippen LogP contribution in [-0.4, -0.2) is 0 Å². The largest absolute Gasteiger partial charge is 0.246 e. The monoisotopic (exact) mass is 610 g/mol. The molecule has 0 saturated carbocycles. The maximum Gasteiger partial charge on any atom is 0.152 e. The fourth-order valence-electron chi connectivity index (χ4n) is 1.31. The van der Waals surface area contributed by atoms with Crippen LogP contribution in [0.15, 0.2) is 46.6 Å². The van der Waals surface area contributed by atoms with E-state index in [4.69, 9.17) is 0 Å². The predicted molar refractivity (Wildman–Crippen MR) is 101 cm³/mol. The third kappa shape index (κ3) is 5.68. The first-order valence-corrected chi connectivity index (χ1v) is 9.54. The van der Waals surface area contributed by atoms with E-state index in [1.165, 1.54) is 0 Å². The smallest absolute Gasteiger partial charge is 0.152 e. The Morgan fingerprint density at radius 1 is 0.857 bits per heavy atom. The zero-order valence-corrected chi connectivity index (χ0v) is 18.6. The van der Waals surface area contributed by atoms with E-state index >= 15 is 0 Å². The van der Waals surface area contributed by atoms with Crippen LogP contribution in [0.3, 0.4) is 0 Å². The zero-order valence-electron chi connectivity index (χ0n) is 10.7. The zero-order chi connectivity index (χ0) is 16.2. The highest BCUT2D eigenvalue weighted by Gasteiger charge is 2.10. The maximum absolute atomic E-state index is 13.0. The van der Waals surface area contributed by atoms with Crippen LogP contribution < -0.4 is 0 Å². The summed E-state index contributed by atoms with van der Waals surface area (Å²) in [5, 5.41) is 0. The van der Waals surface area contributed by atoms with Crippen LogP contribution in [0.25, 0.3) is 0 Å². The first-order valence-electron chi connectivity index (χ1n) is 5.57. The van der Waals surface area contributed by atoms with E-state index < -0.39 is 6.67 Å². The maximum atomic E-state index is 13.0. The van der Waals surface area contributed by atoms with Crippen LogP contribution in [0, 0.1) is 12.7 Å². The Balaban J connectivity index is 0.000000211. The summed E-state index contributed by atoms with van der Waals surface area (Å²) in [5.41, 5.74) is 1.68. The van der Waals surface area contributed by atoms with Gasteiger partial charge in [0.05, 0.1) is 8.95 Å². The fourth-order valence-corrected chi connectivity index (χ4v) is 3.61. The van der Waals surface area contributed by atoms with Crippen LogP contribution in [-0.2, 0) is 6.67 Å². The minimum Gasteiger partial charge on any atom is -0.246 e. The molecule has 0 aromatic heterocycles. The topological polar surface area (TPSA) is 0 Å². The molecule has 2 aromatic rings. The fraction of sp³-hybridized carbons (Fsp3) is 0.143. The van der Waals surface area contributed by atoms with Gasteiger partial charge in [-0.1, -0.05) is 6.07 Å². The number of hydrogen-bond acceptors (Lipinski definition) is 0. The number of hydrogen-bond donors (Lipinski definition) is 0. The van der Waals surface area contributed by atoms with Gasteiger partial charge in [0.2, 0.25) is 0 Å². The van der Waals surface area contributed by atoms with Gasteiger partial charge >= 0.3 is 0 Å². The van der Waals surface area contributed by atoms with Gasteiger partial charge in [0.1, 0.15) is 6.67 Å². The van der Waals surface area contributed by atoms with Crippen LogP contribution in [0.4, 0.5) is 8.78 Å². The molecule has 0 aliphatic carbocycles. The summed E-state index contributed by atoms with van der Waals surface area (Å²) in [6.07, 6.45) is 0. The summed E-state index contributed by atoms with van der Waals surface area (Å²) in [5.74, 6) is -0.275. The second-order valence-electron chi connectivity index (χ2n) is 4.00. The van der Waals surface area contributed by atoms with Crippen molar-refractivity contribution in [1.82, 2.24) is 0 Å². The van der Waals surface area contributed by atoms with Crippen molar-refractivity contribution in [2.75, 3.05) is 0 Å². The quantitative estimate of drug-likeness (QED) is 0.225. The second kappa shape index (κ2) is 9.11. The minimum atomic E-state index is -0.411. The van der Waals surface area contributed by atoms with E-state index in [-0.39, 0.29) is 5.82 Å². The molecular formula is C14H9Br5F2. The summed E-state index contributed by atoms with van der Waals surface area (Å²) in [6.45, 7) is 1.49. The number of halogens is 7. The van der Waals surface area contributed by atoms with Crippen LogP contribution in [0.5, 0.6) is 0 Å². The molecule has 0 amide bonds. The Bertz CT molecular complexity index is 617. The SMILES string of the molecule is Cc1cc(Br)c(F)c(Br)c1Br.FCc1ccc(Br)c(Br)c1. The first kappa shape index (κ1) is 19.7. The molecule has 0 spiro atoms. The van der Waals surface area contributed by atoms with Crippen molar-refractivity contribution in [3.8, 4) is 0 Å². The Hall–Kier alpha value is 0.700. The highest BCUT2D eigenvalue weighted by atomic mass is 79.9. The number of rotatable bonds is 1. The molecular weight excluding hydrogens is 606 g/mol. The molecule has 114 valence electrons. The van der Waals surface area contributed by atoms with Gasteiger partial charge in [0.15, 0.2) is 5.82 Å². The molecule has 0 bridgehead atoms. The van der Waals surface area contributed by atoms with Crippen molar-refractivity contribution in [3.05, 3.63) is 63.6 Å². The molecule has 0 nitrogen and oxygen atoms in total. The average Bonchev–Trinajstić information content (AvgIpc) is 2.46. The van der Waals surface area contributed by atoms with Crippen molar-refractivity contribution in [2.24, 2.45) is 0 Å². The number of aryl methyl sites for hydroxylation is 1. The molecule has 0 aliphatic heterocycles. The lowest BCUT2D eigenvalue weighted by molar-refractivity contribution is 0.485. The molecule has 0 unspecified atom stereocenters. The van der Waals surface area contributed by atoms with Crippen molar-refractivity contribution in [3.63, 3.8) is 0 Å². The molecule has 0 N–H and O–H groups in total. The van der Waals surface area contributed by atoms with E-state index in [1.54, 1.807) is 18.2 Å². The Kier molecular flexibility index (Phi) is 8.56. The van der Waals surface area contributed by atoms with Gasteiger partial charge in [-0.2, -0.15) is 0 Å². The normalized spacial score (nSPS) is 10.1. The van der Waals surface area contributed by atoms with Gasteiger partial charge in [0, 0.05) is 13.4 Å². The Labute approximate surface area is 164 Å². The van der Waals surface area contributed by atoms with Gasteiger partial charge in [0.25, 0.3) is 0 Å². The molecule has 2 rings (SSSR count). The van der Waals surface area contributed by atoms with Gasteiger partial charge in [-0.3, -0.25) is 0 Å². The van der Waals surface area contributed by atoms with E-state index in [0.717, 1.165) is 19.0 Å². The summed E-state index contributed by atoms with van der Waals surface area (Å²) in [7, 11) is 0. The van der Waals surface area contributed by atoms with E-state index in [0.29, 0.717) is 14.5 Å². The minimum absolute atomic E-state index is 0.275. The molecule has 21 heavy (non-hydrogen) atoms. The van der Waals surface area contributed by atoms with Gasteiger partial charge in [-0.05, 0) is 116 Å². The lowest BCUT2D eigenvalue weighted by Gasteiger charge is -2.03. The van der Waals surface area contributed by atoms with Gasteiger partial charge in [-0.25, -0.2) is 8.78 Å². The second-order valence-corrected chi connectivity index (χ2v) is 8.15. The van der Waals surface area contributed by atoms with E-state index in [9.17, 15) is 8.78 Å². The summed E-state index contributed by atoms with van der Waals surface area (Å²) < 4.78 is 28.6. The molecule has 0 aliphatic rings. The van der Waals surface area contributed by atoms with Crippen molar-refractivity contribution >= 4 is 79.6 Å². The van der Waals surface area contributed by atoms with Crippen molar-refractivity contribution in [1.29, 1.82) is 0 Å². The standard InChI is InChI=1S/C7H4Br3F.C7H5Br2F/c1-3-2-4(8)7(11)6(10)5(3)9;8-6-2-1-5(4-10)3-7(6)9/h2H,1H3;1-3H,4H2. The Morgan fingerprint density at radius 2 is 1.48 bits per heavy atom. The lowest BCUT2D eigenvalue weighted by atomic mass is 10.2. The molecule has 0 fully saturated rings. The Morgan fingerprint density at radius 3 is 2.00 bits per heavy atom. The summed E-state index contributed by atoms with van der Waals surface area (Å²) in [4.78, 5) is 0. The molecule has 7 heteroatoms. The van der Waals surface area contributed by atoms with Crippen molar-refractivity contribution in [2.45, 2.75) is 13.6 Å². The van der Waals surface area contributed by atoms with Crippen molar-refractivity contribution < 1.29 is 8.78 Å². The highest BCUT2D eigenvalue weighted by molar-refractivity contribution is 9.13. The predicted octanol–water partition coefficient (Wildman–Crippen LogP) is 8.10. The molecule has 0 atom stereocenters. The van der Waals surface area contributed by atoms with Gasteiger partial charge in [-0.15, -0.1) is 0 Å². The third-order valence-electron chi connectivity index (χ3n) is 2.42. The van der Waals surface area contributed by atoms with E-state index in [1.807, 2.05) is 13.0 Å². The highest BCUT2D eigenvalue weighted by Crippen LogP contribution is 2.33. The summed E-state index contributed by atoms with van der Waals surface area (Å²) >= 11 is 16.1. The van der Waals surface area contributed by atoms with E-state index in [2.05, 4.69) is 79.6 Å². The first-order chi connectivity index (χ1) is 9.77. The van der Waals surface area contributed by atoms with Crippen LogP contribution in [0.2, 0.25) is 0 Å². The molecule has 0 radical (unpaired) electrons. The lowest BCUT2D eigenvalue weighted by Crippen LogP contribution is -1.85. The average molecular weight is 615 g/mol. The summed E-state index contributed by atoms with van der Waals surface area (Å²) in [6, 6.07) is 7.04. The number of benzene rings is 2. The van der Waals surface area contributed by atoms with Gasteiger partial charge < -0.3 is 0 Å². The molecule has 0 heterocycles. The molecule has 0 saturated heterocycles. The van der Waals surface area contributed by atoms with Crippen LogP contribution >= 0.6 is 79.6 Å². The number of alkyl halides is 1. The van der Waals surface area contributed by atoms with Crippen LogP contribution in [0.1, 0.15) is 11.1 Å².